The average Bonchev–Trinajstić information content (AvgIpc) is 3.19. The van der Waals surface area contributed by atoms with Gasteiger partial charge in [0.25, 0.3) is 5.91 Å². The number of aromatic nitrogens is 3. The second-order valence-corrected chi connectivity index (χ2v) is 7.79. The molecule has 0 unspecified atom stereocenters. The van der Waals surface area contributed by atoms with Crippen molar-refractivity contribution in [3.05, 3.63) is 65.2 Å². The Balaban J connectivity index is 1.64. The number of halogens is 1. The van der Waals surface area contributed by atoms with E-state index in [0.29, 0.717) is 34.7 Å². The van der Waals surface area contributed by atoms with Crippen LogP contribution in [0.25, 0.3) is 11.4 Å². The molecule has 0 radical (unpaired) electrons. The van der Waals surface area contributed by atoms with Gasteiger partial charge in [-0.15, -0.1) is 10.2 Å². The molecule has 8 nitrogen and oxygen atoms in total. The number of benzene rings is 2. The molecule has 1 heterocycles. The fourth-order valence-electron chi connectivity index (χ4n) is 2.76. The van der Waals surface area contributed by atoms with Crippen LogP contribution in [0.4, 0.5) is 0 Å². The highest BCUT2D eigenvalue weighted by Gasteiger charge is 2.17. The smallest absolute Gasteiger partial charge is 0.269 e. The highest BCUT2D eigenvalue weighted by Crippen LogP contribution is 2.29. The van der Waals surface area contributed by atoms with Crippen molar-refractivity contribution in [3.8, 4) is 11.4 Å². The third kappa shape index (κ3) is 6.30. The number of nitrogens with one attached hydrogen (secondary N) is 2. The van der Waals surface area contributed by atoms with Crippen LogP contribution in [0.5, 0.6) is 0 Å². The van der Waals surface area contributed by atoms with Gasteiger partial charge < -0.3 is 9.30 Å². The van der Waals surface area contributed by atoms with Gasteiger partial charge >= 0.3 is 0 Å². The van der Waals surface area contributed by atoms with E-state index in [0.717, 1.165) is 12.0 Å². The number of methoxy groups -OCH3 is 1. The Hall–Kier alpha value is -2.88. The van der Waals surface area contributed by atoms with E-state index in [4.69, 9.17) is 16.3 Å². The summed E-state index contributed by atoms with van der Waals surface area (Å²) in [5.74, 6) is -0.0651. The maximum atomic E-state index is 12.2. The summed E-state index contributed by atoms with van der Waals surface area (Å²) < 4.78 is 7.06. The fraction of sp³-hybridized carbons (Fsp3) is 0.238. The van der Waals surface area contributed by atoms with E-state index in [1.807, 2.05) is 28.8 Å². The van der Waals surface area contributed by atoms with Crippen LogP contribution in [0.1, 0.15) is 16.8 Å². The van der Waals surface area contributed by atoms with Crippen molar-refractivity contribution in [3.63, 3.8) is 0 Å². The van der Waals surface area contributed by atoms with Crippen molar-refractivity contribution in [1.29, 1.82) is 0 Å². The van der Waals surface area contributed by atoms with Gasteiger partial charge in [-0.1, -0.05) is 53.7 Å². The molecule has 0 atom stereocenters. The van der Waals surface area contributed by atoms with E-state index in [9.17, 15) is 9.59 Å². The van der Waals surface area contributed by atoms with Gasteiger partial charge in [-0.25, -0.2) is 0 Å². The largest absolute Gasteiger partial charge is 0.385 e. The van der Waals surface area contributed by atoms with E-state index in [1.165, 1.54) is 11.8 Å². The normalized spacial score (nSPS) is 10.6. The van der Waals surface area contributed by atoms with Gasteiger partial charge in [-0.2, -0.15) is 0 Å². The van der Waals surface area contributed by atoms with Gasteiger partial charge in [0.1, 0.15) is 0 Å². The topological polar surface area (TPSA) is 98.1 Å². The lowest BCUT2D eigenvalue weighted by Gasteiger charge is -2.11. The minimum atomic E-state index is -0.386. The van der Waals surface area contributed by atoms with Crippen molar-refractivity contribution in [2.24, 2.45) is 0 Å². The van der Waals surface area contributed by atoms with Crippen LogP contribution in [0.15, 0.2) is 59.8 Å². The molecular weight excluding hydrogens is 438 g/mol. The van der Waals surface area contributed by atoms with E-state index in [2.05, 4.69) is 21.0 Å². The summed E-state index contributed by atoms with van der Waals surface area (Å²) >= 11 is 7.56. The Morgan fingerprint density at radius 1 is 1.06 bits per heavy atom. The molecule has 3 aromatic rings. The second kappa shape index (κ2) is 11.5. The lowest BCUT2D eigenvalue weighted by molar-refractivity contribution is -0.119. The number of hydrogen-bond donors (Lipinski definition) is 2. The Bertz CT molecular complexity index is 1030. The number of nitrogens with zero attached hydrogens (tertiary/aromatic N) is 3. The second-order valence-electron chi connectivity index (χ2n) is 6.44. The van der Waals surface area contributed by atoms with Gasteiger partial charge in [-0.05, 0) is 30.7 Å². The fourth-order valence-corrected chi connectivity index (χ4v) is 3.74. The maximum absolute atomic E-state index is 12.2. The molecule has 162 valence electrons. The number of thioether (sulfide) groups is 1. The van der Waals surface area contributed by atoms with E-state index in [-0.39, 0.29) is 17.6 Å². The van der Waals surface area contributed by atoms with Crippen LogP contribution in [0.2, 0.25) is 5.02 Å². The van der Waals surface area contributed by atoms with Crippen molar-refractivity contribution >= 4 is 35.2 Å². The Labute approximate surface area is 189 Å². The van der Waals surface area contributed by atoms with Gasteiger partial charge in [0.2, 0.25) is 5.91 Å². The molecule has 0 spiro atoms. The first kappa shape index (κ1) is 22.8. The van der Waals surface area contributed by atoms with Crippen LogP contribution in [-0.2, 0) is 16.1 Å². The Morgan fingerprint density at radius 2 is 1.81 bits per heavy atom. The van der Waals surface area contributed by atoms with Crippen molar-refractivity contribution < 1.29 is 14.3 Å². The first-order valence-corrected chi connectivity index (χ1v) is 10.9. The molecule has 2 aromatic carbocycles. The number of carbonyl (C=O) groups is 2. The molecule has 1 aromatic heterocycles. The first-order valence-electron chi connectivity index (χ1n) is 9.54. The number of rotatable bonds is 9. The minimum absolute atomic E-state index is 0.0556. The number of carbonyl (C=O) groups excluding carboxylic acids is 2. The molecular formula is C21H22ClN5O3S. The maximum Gasteiger partial charge on any atom is 0.269 e. The van der Waals surface area contributed by atoms with E-state index < -0.39 is 0 Å². The molecule has 10 heteroatoms. The predicted octanol–water partition coefficient (Wildman–Crippen LogP) is 3.19. The number of hydrazine groups is 1. The summed E-state index contributed by atoms with van der Waals surface area (Å²) in [6, 6.07) is 16.0. The van der Waals surface area contributed by atoms with Gasteiger partial charge in [0.15, 0.2) is 11.0 Å². The first-order chi connectivity index (χ1) is 15.1. The van der Waals surface area contributed by atoms with Gasteiger partial charge in [0.05, 0.1) is 10.8 Å². The summed E-state index contributed by atoms with van der Waals surface area (Å²) in [6.45, 7) is 1.19. The summed E-state index contributed by atoms with van der Waals surface area (Å²) in [5.41, 5.74) is 6.03. The number of ether oxygens (including phenoxy) is 1. The summed E-state index contributed by atoms with van der Waals surface area (Å²) in [4.78, 5) is 24.2. The molecule has 2 N–H and O–H groups in total. The quantitative estimate of drug-likeness (QED) is 0.290. The predicted molar refractivity (Wildman–Crippen MR) is 120 cm³/mol. The van der Waals surface area contributed by atoms with Crippen molar-refractivity contribution in [2.45, 2.75) is 18.1 Å². The molecule has 0 aliphatic rings. The van der Waals surface area contributed by atoms with Crippen molar-refractivity contribution in [2.75, 3.05) is 19.5 Å². The van der Waals surface area contributed by atoms with Gasteiger partial charge in [-0.3, -0.25) is 20.4 Å². The lowest BCUT2D eigenvalue weighted by Crippen LogP contribution is -2.42. The third-order valence-corrected chi connectivity index (χ3v) is 5.54. The highest BCUT2D eigenvalue weighted by molar-refractivity contribution is 7.99. The molecule has 0 saturated heterocycles. The van der Waals surface area contributed by atoms with Crippen molar-refractivity contribution in [1.82, 2.24) is 25.6 Å². The molecule has 0 aliphatic heterocycles. The van der Waals surface area contributed by atoms with E-state index in [1.54, 1.807) is 37.4 Å². The molecule has 0 fully saturated rings. The number of amides is 2. The zero-order valence-electron chi connectivity index (χ0n) is 16.9. The number of hydrogen-bond acceptors (Lipinski definition) is 6. The zero-order valence-corrected chi connectivity index (χ0v) is 18.4. The van der Waals surface area contributed by atoms with Crippen LogP contribution in [-0.4, -0.2) is 46.0 Å². The van der Waals surface area contributed by atoms with Crippen LogP contribution >= 0.6 is 23.4 Å². The molecule has 3 rings (SSSR count). The average molecular weight is 460 g/mol. The Kier molecular flexibility index (Phi) is 8.45. The summed E-state index contributed by atoms with van der Waals surface area (Å²) in [5, 5.41) is 9.67. The summed E-state index contributed by atoms with van der Waals surface area (Å²) in [7, 11) is 1.64. The third-order valence-electron chi connectivity index (χ3n) is 4.25. The van der Waals surface area contributed by atoms with Crippen LogP contribution < -0.4 is 10.9 Å². The lowest BCUT2D eigenvalue weighted by atomic mass is 10.2. The van der Waals surface area contributed by atoms with Crippen LogP contribution in [0.3, 0.4) is 0 Å². The van der Waals surface area contributed by atoms with Crippen LogP contribution in [0, 0.1) is 0 Å². The summed E-state index contributed by atoms with van der Waals surface area (Å²) in [6.07, 6.45) is 0.749. The molecule has 0 saturated carbocycles. The Morgan fingerprint density at radius 3 is 2.55 bits per heavy atom. The zero-order chi connectivity index (χ0) is 22.1. The monoisotopic (exact) mass is 459 g/mol. The molecule has 31 heavy (non-hydrogen) atoms. The highest BCUT2D eigenvalue weighted by atomic mass is 35.5. The minimum Gasteiger partial charge on any atom is -0.385 e. The molecule has 0 aliphatic carbocycles. The SMILES string of the molecule is COCCCn1c(SCC(=O)NNC(=O)c2ccccc2)nnc1-c1ccccc1Cl. The van der Waals surface area contributed by atoms with Gasteiger partial charge in [0, 0.05) is 31.4 Å². The molecule has 0 bridgehead atoms. The molecule has 2 amide bonds. The van der Waals surface area contributed by atoms with E-state index >= 15 is 0 Å². The standard InChI is InChI=1S/C21H22ClN5O3S/c1-30-13-7-12-27-19(16-10-5-6-11-17(16)22)24-26-21(27)31-14-18(28)23-25-20(29)15-8-3-2-4-9-15/h2-6,8-11H,7,12-14H2,1H3,(H,23,28)(H,25,29).